The molecule has 56 heavy (non-hydrogen) atoms. The van der Waals surface area contributed by atoms with Gasteiger partial charge in [-0.15, -0.1) is 0 Å². The van der Waals surface area contributed by atoms with E-state index in [4.69, 9.17) is 0 Å². The summed E-state index contributed by atoms with van der Waals surface area (Å²) in [6.45, 7) is 9.44. The Morgan fingerprint density at radius 2 is 0.982 bits per heavy atom. The van der Waals surface area contributed by atoms with Crippen LogP contribution in [-0.2, 0) is 10.8 Å². The van der Waals surface area contributed by atoms with Gasteiger partial charge in [-0.1, -0.05) is 149 Å². The molecule has 0 bridgehead atoms. The predicted octanol–water partition coefficient (Wildman–Crippen LogP) is 14.5. The van der Waals surface area contributed by atoms with Crippen LogP contribution in [0.25, 0.3) is 60.9 Å². The van der Waals surface area contributed by atoms with Gasteiger partial charge in [0.05, 0.1) is 16.7 Å². The van der Waals surface area contributed by atoms with Crippen molar-refractivity contribution in [2.24, 2.45) is 0 Å². The molecule has 0 aliphatic heterocycles. The van der Waals surface area contributed by atoms with E-state index < -0.39 is 0 Å². The van der Waals surface area contributed by atoms with Crippen LogP contribution in [0.3, 0.4) is 0 Å². The Labute approximate surface area is 328 Å². The second kappa shape index (κ2) is 11.9. The van der Waals surface area contributed by atoms with E-state index in [0.29, 0.717) is 0 Å². The summed E-state index contributed by atoms with van der Waals surface area (Å²) in [5.74, 6) is 0. The maximum Gasteiger partial charge on any atom is 0.0543 e. The van der Waals surface area contributed by atoms with Gasteiger partial charge in [-0.05, 0) is 111 Å². The van der Waals surface area contributed by atoms with Gasteiger partial charge in [-0.2, -0.15) is 0 Å². The molecule has 11 rings (SSSR count). The van der Waals surface area contributed by atoms with Crippen molar-refractivity contribution >= 4 is 38.9 Å². The van der Waals surface area contributed by atoms with Crippen LogP contribution in [0.5, 0.6) is 0 Å². The van der Waals surface area contributed by atoms with E-state index in [1.54, 1.807) is 0 Å². The van der Waals surface area contributed by atoms with Gasteiger partial charge in [0.1, 0.15) is 0 Å². The van der Waals surface area contributed by atoms with Crippen molar-refractivity contribution < 1.29 is 0 Å². The highest BCUT2D eigenvalue weighted by atomic mass is 15.1. The Balaban J connectivity index is 1.08. The number of anilines is 3. The first kappa shape index (κ1) is 32.8. The van der Waals surface area contributed by atoms with Crippen molar-refractivity contribution in [3.05, 3.63) is 204 Å². The first-order valence-electron chi connectivity index (χ1n) is 19.8. The van der Waals surface area contributed by atoms with Crippen molar-refractivity contribution in [1.82, 2.24) is 4.57 Å². The highest BCUT2D eigenvalue weighted by Crippen LogP contribution is 2.55. The normalized spacial score (nSPS) is 14.4. The number of hydrogen-bond donors (Lipinski definition) is 0. The molecule has 0 spiro atoms. The molecule has 0 saturated heterocycles. The van der Waals surface area contributed by atoms with E-state index in [1.807, 2.05) is 0 Å². The fourth-order valence-corrected chi connectivity index (χ4v) is 10.0. The molecular formula is C54H42N2. The van der Waals surface area contributed by atoms with Crippen LogP contribution < -0.4 is 4.90 Å². The molecule has 0 radical (unpaired) electrons. The first-order valence-corrected chi connectivity index (χ1v) is 19.8. The molecule has 2 aliphatic rings. The Kier molecular flexibility index (Phi) is 6.98. The van der Waals surface area contributed by atoms with Crippen LogP contribution in [0.15, 0.2) is 182 Å². The number of hydrogen-bond acceptors (Lipinski definition) is 1. The molecule has 268 valence electrons. The second-order valence-electron chi connectivity index (χ2n) is 16.6. The maximum absolute atomic E-state index is 2.49. The summed E-state index contributed by atoms with van der Waals surface area (Å²) in [5, 5.41) is 2.52. The van der Waals surface area contributed by atoms with E-state index in [9.17, 15) is 0 Å². The van der Waals surface area contributed by atoms with Gasteiger partial charge in [0, 0.05) is 44.2 Å². The van der Waals surface area contributed by atoms with Crippen LogP contribution in [0.2, 0.25) is 0 Å². The number of rotatable bonds is 5. The van der Waals surface area contributed by atoms with Crippen molar-refractivity contribution in [3.8, 4) is 39.1 Å². The van der Waals surface area contributed by atoms with Gasteiger partial charge in [0.25, 0.3) is 0 Å². The number of aromatic nitrogens is 1. The third-order valence-electron chi connectivity index (χ3n) is 12.8. The molecule has 2 aliphatic carbocycles. The second-order valence-corrected chi connectivity index (χ2v) is 16.6. The van der Waals surface area contributed by atoms with Gasteiger partial charge >= 0.3 is 0 Å². The lowest BCUT2D eigenvalue weighted by atomic mass is 9.82. The Hall–Kier alpha value is -6.64. The van der Waals surface area contributed by atoms with E-state index in [0.717, 1.165) is 11.4 Å². The van der Waals surface area contributed by atoms with E-state index >= 15 is 0 Å². The lowest BCUT2D eigenvalue weighted by Crippen LogP contribution is -2.16. The van der Waals surface area contributed by atoms with Crippen molar-refractivity contribution in [1.29, 1.82) is 0 Å². The highest BCUT2D eigenvalue weighted by Gasteiger charge is 2.39. The lowest BCUT2D eigenvalue weighted by Gasteiger charge is -2.30. The van der Waals surface area contributed by atoms with Crippen molar-refractivity contribution in [3.63, 3.8) is 0 Å². The predicted molar refractivity (Wildman–Crippen MR) is 236 cm³/mol. The lowest BCUT2D eigenvalue weighted by molar-refractivity contribution is 0.660. The number of benzene rings is 8. The van der Waals surface area contributed by atoms with Gasteiger partial charge in [-0.3, -0.25) is 0 Å². The molecule has 1 heterocycles. The van der Waals surface area contributed by atoms with Crippen LogP contribution in [0.1, 0.15) is 49.9 Å². The minimum absolute atomic E-state index is 0.0532. The summed E-state index contributed by atoms with van der Waals surface area (Å²) in [6, 6.07) is 67.5. The molecule has 0 saturated carbocycles. The quantitative estimate of drug-likeness (QED) is 0.172. The Bertz CT molecular complexity index is 3020. The third kappa shape index (κ3) is 4.62. The molecule has 0 fully saturated rings. The molecule has 0 atom stereocenters. The summed E-state index contributed by atoms with van der Waals surface area (Å²) in [4.78, 5) is 2.49. The number of nitrogens with zero attached hydrogens (tertiary/aromatic N) is 2. The monoisotopic (exact) mass is 718 g/mol. The molecule has 2 heteroatoms. The SMILES string of the molecule is CC1(C)c2ccccc2-c2cc(N(c3ccc(-c4ccc5c(c4)c4ccccc4n5-c4ccccc4)cc3)c3cccc4c3-c3ccccc3C4(C)C)ccc21. The first-order chi connectivity index (χ1) is 27.3. The van der Waals surface area contributed by atoms with Gasteiger partial charge < -0.3 is 9.47 Å². The Morgan fingerprint density at radius 3 is 1.79 bits per heavy atom. The summed E-state index contributed by atoms with van der Waals surface area (Å²) >= 11 is 0. The van der Waals surface area contributed by atoms with Gasteiger partial charge in [-0.25, -0.2) is 0 Å². The largest absolute Gasteiger partial charge is 0.310 e. The molecule has 0 amide bonds. The van der Waals surface area contributed by atoms with E-state index in [2.05, 4.69) is 219 Å². The highest BCUT2D eigenvalue weighted by molar-refractivity contribution is 6.10. The molecule has 9 aromatic rings. The minimum Gasteiger partial charge on any atom is -0.310 e. The fraction of sp³-hybridized carbons (Fsp3) is 0.111. The van der Waals surface area contributed by atoms with Crippen molar-refractivity contribution in [2.75, 3.05) is 4.90 Å². The molecular weight excluding hydrogens is 677 g/mol. The number of fused-ring (bicyclic) bond motifs is 9. The minimum atomic E-state index is -0.0966. The molecule has 0 N–H and O–H groups in total. The summed E-state index contributed by atoms with van der Waals surface area (Å²) < 4.78 is 2.38. The molecule has 2 nitrogen and oxygen atoms in total. The molecule has 8 aromatic carbocycles. The number of para-hydroxylation sites is 2. The molecule has 0 unspecified atom stereocenters. The fourth-order valence-electron chi connectivity index (χ4n) is 10.0. The average molecular weight is 719 g/mol. The summed E-state index contributed by atoms with van der Waals surface area (Å²) in [6.07, 6.45) is 0. The third-order valence-corrected chi connectivity index (χ3v) is 12.8. The summed E-state index contributed by atoms with van der Waals surface area (Å²) in [7, 11) is 0. The summed E-state index contributed by atoms with van der Waals surface area (Å²) in [5.41, 5.74) is 20.2. The smallest absolute Gasteiger partial charge is 0.0543 e. The maximum atomic E-state index is 2.49. The van der Waals surface area contributed by atoms with Crippen molar-refractivity contribution in [2.45, 2.75) is 38.5 Å². The van der Waals surface area contributed by atoms with E-state index in [-0.39, 0.29) is 10.8 Å². The van der Waals surface area contributed by atoms with Crippen LogP contribution in [0.4, 0.5) is 17.1 Å². The zero-order chi connectivity index (χ0) is 37.8. The van der Waals surface area contributed by atoms with Crippen LogP contribution in [-0.4, -0.2) is 4.57 Å². The van der Waals surface area contributed by atoms with Gasteiger partial charge in [0.15, 0.2) is 0 Å². The average Bonchev–Trinajstić information content (AvgIpc) is 3.78. The van der Waals surface area contributed by atoms with E-state index in [1.165, 1.54) is 88.8 Å². The zero-order valence-corrected chi connectivity index (χ0v) is 32.2. The molecule has 1 aromatic heterocycles. The standard InChI is InChI=1S/C54H42N2/c1-53(2)45-20-11-8-17-40(45)43-34-39(30-31-47(43)53)55(51-24-14-22-48-52(51)42-19-9-12-21-46(42)54(48,3)4)38-28-25-35(26-29-38)36-27-32-50-44(33-36)41-18-10-13-23-49(41)56(50)37-15-6-5-7-16-37/h5-34H,1-4H3. The van der Waals surface area contributed by atoms with Crippen LogP contribution >= 0.6 is 0 Å². The Morgan fingerprint density at radius 1 is 0.393 bits per heavy atom. The van der Waals surface area contributed by atoms with Gasteiger partial charge in [0.2, 0.25) is 0 Å². The topological polar surface area (TPSA) is 8.17 Å². The zero-order valence-electron chi connectivity index (χ0n) is 32.2. The van der Waals surface area contributed by atoms with Crippen LogP contribution in [0, 0.1) is 0 Å².